The quantitative estimate of drug-likeness (QED) is 0.570. The lowest BCUT2D eigenvalue weighted by atomic mass is 10.1. The Bertz CT molecular complexity index is 974. The molecule has 1 N–H and O–H groups in total. The molecule has 0 saturated heterocycles. The molecule has 5 heteroatoms. The Kier molecular flexibility index (Phi) is 3.16. The maximum Gasteiger partial charge on any atom is 0.293 e. The lowest BCUT2D eigenvalue weighted by molar-refractivity contribution is 0.0998. The normalized spacial score (nSPS) is 11.2. The number of para-hydroxylation sites is 1. The number of nitrogens with zero attached hydrogens (tertiary/aromatic N) is 1. The fourth-order valence-electron chi connectivity index (χ4n) is 2.57. The molecule has 23 heavy (non-hydrogen) atoms. The number of anilines is 1. The zero-order chi connectivity index (χ0) is 16.0. The molecule has 0 saturated carbocycles. The summed E-state index contributed by atoms with van der Waals surface area (Å²) < 4.78 is 6.69. The molecule has 0 radical (unpaired) electrons. The van der Waals surface area contributed by atoms with Gasteiger partial charge in [-0.15, -0.1) is 0 Å². The number of thiazole rings is 1. The largest absolute Gasteiger partial charge is 0.451 e. The van der Waals surface area contributed by atoms with Gasteiger partial charge in [0.2, 0.25) is 0 Å². The van der Waals surface area contributed by atoms with Crippen molar-refractivity contribution in [2.75, 3.05) is 5.32 Å². The van der Waals surface area contributed by atoms with Gasteiger partial charge in [-0.05, 0) is 37.1 Å². The van der Waals surface area contributed by atoms with Gasteiger partial charge in [0.05, 0.1) is 10.2 Å². The van der Waals surface area contributed by atoms with Gasteiger partial charge in [0.15, 0.2) is 10.9 Å². The molecule has 0 bridgehead atoms. The number of nitrogens with one attached hydrogen (secondary N) is 1. The second-order valence-electron chi connectivity index (χ2n) is 5.50. The Morgan fingerprint density at radius 3 is 2.70 bits per heavy atom. The number of furan rings is 1. The number of carbonyl (C=O) groups is 1. The van der Waals surface area contributed by atoms with E-state index in [0.29, 0.717) is 16.5 Å². The first-order valence-electron chi connectivity index (χ1n) is 7.28. The number of aromatic nitrogens is 1. The van der Waals surface area contributed by atoms with E-state index in [1.54, 1.807) is 6.07 Å². The summed E-state index contributed by atoms with van der Waals surface area (Å²) in [5, 5.41) is 4.33. The van der Waals surface area contributed by atoms with Crippen LogP contribution >= 0.6 is 11.3 Å². The van der Waals surface area contributed by atoms with E-state index in [2.05, 4.69) is 16.4 Å². The highest BCUT2D eigenvalue weighted by molar-refractivity contribution is 7.22. The van der Waals surface area contributed by atoms with Crippen LogP contribution in [0.15, 0.2) is 46.9 Å². The highest BCUT2D eigenvalue weighted by Gasteiger charge is 2.15. The van der Waals surface area contributed by atoms with Crippen molar-refractivity contribution in [1.82, 2.24) is 4.98 Å². The molecule has 2 aromatic heterocycles. The van der Waals surface area contributed by atoms with Crippen LogP contribution in [0.5, 0.6) is 0 Å². The third kappa shape index (κ3) is 2.39. The van der Waals surface area contributed by atoms with Gasteiger partial charge >= 0.3 is 0 Å². The van der Waals surface area contributed by atoms with Crippen LogP contribution in [0.3, 0.4) is 0 Å². The van der Waals surface area contributed by atoms with E-state index in [4.69, 9.17) is 4.42 Å². The van der Waals surface area contributed by atoms with Crippen LogP contribution in [0.2, 0.25) is 0 Å². The van der Waals surface area contributed by atoms with Crippen molar-refractivity contribution in [3.05, 3.63) is 59.4 Å². The third-order valence-electron chi connectivity index (χ3n) is 3.81. The van der Waals surface area contributed by atoms with Gasteiger partial charge < -0.3 is 4.42 Å². The molecule has 0 aliphatic carbocycles. The second-order valence-corrected chi connectivity index (χ2v) is 6.50. The van der Waals surface area contributed by atoms with Gasteiger partial charge in [-0.1, -0.05) is 41.7 Å². The molecule has 114 valence electrons. The number of hydrogen-bond acceptors (Lipinski definition) is 4. The molecule has 1 amide bonds. The lowest BCUT2D eigenvalue weighted by Gasteiger charge is -1.96. The Balaban J connectivity index is 1.68. The van der Waals surface area contributed by atoms with Crippen LogP contribution in [0.4, 0.5) is 5.13 Å². The molecule has 2 aromatic carbocycles. The molecule has 0 aliphatic rings. The van der Waals surface area contributed by atoms with E-state index < -0.39 is 0 Å². The Morgan fingerprint density at radius 2 is 1.91 bits per heavy atom. The monoisotopic (exact) mass is 322 g/mol. The predicted octanol–water partition coefficient (Wildman–Crippen LogP) is 4.91. The van der Waals surface area contributed by atoms with Crippen molar-refractivity contribution >= 4 is 43.6 Å². The Morgan fingerprint density at radius 1 is 1.13 bits per heavy atom. The molecule has 4 rings (SSSR count). The first-order chi connectivity index (χ1) is 11.1. The van der Waals surface area contributed by atoms with Gasteiger partial charge in [0.1, 0.15) is 5.58 Å². The molecule has 0 atom stereocenters. The lowest BCUT2D eigenvalue weighted by Crippen LogP contribution is -2.10. The number of hydrogen-bond donors (Lipinski definition) is 1. The highest BCUT2D eigenvalue weighted by atomic mass is 32.1. The third-order valence-corrected chi connectivity index (χ3v) is 4.92. The predicted molar refractivity (Wildman–Crippen MR) is 93.3 cm³/mol. The minimum atomic E-state index is -0.282. The molecule has 0 unspecified atom stereocenters. The maximum absolute atomic E-state index is 12.4. The maximum atomic E-state index is 12.4. The summed E-state index contributed by atoms with van der Waals surface area (Å²) in [6.45, 7) is 4.07. The molecular weight excluding hydrogens is 308 g/mol. The molecule has 0 aliphatic heterocycles. The number of aryl methyl sites for hydroxylation is 2. The summed E-state index contributed by atoms with van der Waals surface area (Å²) in [5.74, 6) is 0.00876. The summed E-state index contributed by atoms with van der Waals surface area (Å²) >= 11 is 1.48. The van der Waals surface area contributed by atoms with E-state index in [-0.39, 0.29) is 5.91 Å². The summed E-state index contributed by atoms with van der Waals surface area (Å²) in [6, 6.07) is 13.4. The van der Waals surface area contributed by atoms with Crippen molar-refractivity contribution in [3.63, 3.8) is 0 Å². The Hall–Kier alpha value is -2.66. The fraction of sp³-hybridized carbons (Fsp3) is 0.111. The molecular formula is C18H14N2O2S. The minimum absolute atomic E-state index is 0.282. The number of carbonyl (C=O) groups excluding carboxylic acids is 1. The molecule has 0 spiro atoms. The number of benzene rings is 2. The first kappa shape index (κ1) is 14.0. The number of fused-ring (bicyclic) bond motifs is 2. The van der Waals surface area contributed by atoms with E-state index >= 15 is 0 Å². The van der Waals surface area contributed by atoms with Crippen molar-refractivity contribution in [1.29, 1.82) is 0 Å². The van der Waals surface area contributed by atoms with Crippen LogP contribution < -0.4 is 5.32 Å². The molecule has 4 nitrogen and oxygen atoms in total. The minimum Gasteiger partial charge on any atom is -0.451 e. The van der Waals surface area contributed by atoms with E-state index in [0.717, 1.165) is 26.7 Å². The van der Waals surface area contributed by atoms with Crippen LogP contribution in [0, 0.1) is 13.8 Å². The summed E-state index contributed by atoms with van der Waals surface area (Å²) in [5.41, 5.74) is 3.90. The standard InChI is InChI=1S/C18H14N2O2S/c1-10-7-8-11(2)16-15(10)19-18(23-16)20-17(21)14-9-12-5-3-4-6-13(12)22-14/h3-9H,1-2H3,(H,19,20,21). The summed E-state index contributed by atoms with van der Waals surface area (Å²) in [7, 11) is 0. The number of rotatable bonds is 2. The van der Waals surface area contributed by atoms with Crippen molar-refractivity contribution in [2.45, 2.75) is 13.8 Å². The molecule has 0 fully saturated rings. The van der Waals surface area contributed by atoms with E-state index in [1.165, 1.54) is 11.3 Å². The number of amides is 1. The smallest absolute Gasteiger partial charge is 0.293 e. The van der Waals surface area contributed by atoms with Crippen LogP contribution in [0.1, 0.15) is 21.7 Å². The van der Waals surface area contributed by atoms with E-state index in [9.17, 15) is 4.79 Å². The van der Waals surface area contributed by atoms with Crippen molar-refractivity contribution < 1.29 is 9.21 Å². The van der Waals surface area contributed by atoms with Gasteiger partial charge in [-0.2, -0.15) is 0 Å². The summed E-state index contributed by atoms with van der Waals surface area (Å²) in [4.78, 5) is 16.9. The highest BCUT2D eigenvalue weighted by Crippen LogP contribution is 2.31. The molecule has 2 heterocycles. The topological polar surface area (TPSA) is 55.1 Å². The zero-order valence-electron chi connectivity index (χ0n) is 12.7. The van der Waals surface area contributed by atoms with Gasteiger partial charge in [0.25, 0.3) is 5.91 Å². The van der Waals surface area contributed by atoms with E-state index in [1.807, 2.05) is 44.2 Å². The van der Waals surface area contributed by atoms with Crippen LogP contribution in [0.25, 0.3) is 21.2 Å². The van der Waals surface area contributed by atoms with Gasteiger partial charge in [-0.25, -0.2) is 4.98 Å². The van der Waals surface area contributed by atoms with Gasteiger partial charge in [-0.3, -0.25) is 10.1 Å². The SMILES string of the molecule is Cc1ccc(C)c2sc(NC(=O)c3cc4ccccc4o3)nc12. The van der Waals surface area contributed by atoms with Gasteiger partial charge in [0, 0.05) is 5.39 Å². The fourth-order valence-corrected chi connectivity index (χ4v) is 3.57. The average Bonchev–Trinajstić information content (AvgIpc) is 3.15. The summed E-state index contributed by atoms with van der Waals surface area (Å²) in [6.07, 6.45) is 0. The first-order valence-corrected chi connectivity index (χ1v) is 8.10. The second kappa shape index (κ2) is 5.21. The Labute approximate surface area is 136 Å². The van der Waals surface area contributed by atoms with Crippen molar-refractivity contribution in [3.8, 4) is 0 Å². The zero-order valence-corrected chi connectivity index (χ0v) is 13.5. The van der Waals surface area contributed by atoms with Crippen LogP contribution in [-0.2, 0) is 0 Å². The van der Waals surface area contributed by atoms with Crippen LogP contribution in [-0.4, -0.2) is 10.9 Å². The van der Waals surface area contributed by atoms with Crippen molar-refractivity contribution in [2.24, 2.45) is 0 Å². The molecule has 4 aromatic rings. The average molecular weight is 322 g/mol.